The van der Waals surface area contributed by atoms with Gasteiger partial charge >= 0.3 is 0 Å². The van der Waals surface area contributed by atoms with Crippen LogP contribution in [0, 0.1) is 0 Å². The Kier molecular flexibility index (Phi) is 4.99. The average Bonchev–Trinajstić information content (AvgIpc) is 1.81. The third kappa shape index (κ3) is 3.37. The van der Waals surface area contributed by atoms with E-state index in [1.807, 2.05) is 0 Å². The SMILES string of the molecule is CC(O)N(CCCl)C(C)O. The van der Waals surface area contributed by atoms with Crippen LogP contribution < -0.4 is 0 Å². The topological polar surface area (TPSA) is 43.7 Å². The smallest absolute Gasteiger partial charge is 0.106 e. The summed E-state index contributed by atoms with van der Waals surface area (Å²) in [5, 5.41) is 18.0. The van der Waals surface area contributed by atoms with Crippen LogP contribution in [0.2, 0.25) is 0 Å². The number of halogens is 1. The van der Waals surface area contributed by atoms with Crippen LogP contribution in [0.25, 0.3) is 0 Å². The Labute approximate surface area is 66.2 Å². The second-order valence-corrected chi connectivity index (χ2v) is 2.57. The summed E-state index contributed by atoms with van der Waals surface area (Å²) >= 11 is 5.42. The molecule has 0 aromatic carbocycles. The molecule has 0 saturated carbocycles. The van der Waals surface area contributed by atoms with E-state index in [0.717, 1.165) is 0 Å². The van der Waals surface area contributed by atoms with Crippen molar-refractivity contribution in [2.75, 3.05) is 12.4 Å². The maximum atomic E-state index is 9.02. The van der Waals surface area contributed by atoms with Crippen LogP contribution in [0.3, 0.4) is 0 Å². The van der Waals surface area contributed by atoms with E-state index in [1.54, 1.807) is 13.8 Å². The van der Waals surface area contributed by atoms with Crippen molar-refractivity contribution in [1.82, 2.24) is 4.90 Å². The van der Waals surface area contributed by atoms with E-state index in [4.69, 9.17) is 21.8 Å². The van der Waals surface area contributed by atoms with Crippen molar-refractivity contribution < 1.29 is 10.2 Å². The van der Waals surface area contributed by atoms with Crippen molar-refractivity contribution in [3.05, 3.63) is 0 Å². The molecule has 0 radical (unpaired) electrons. The lowest BCUT2D eigenvalue weighted by atomic mass is 10.4. The first-order chi connectivity index (χ1) is 4.59. The maximum absolute atomic E-state index is 9.02. The van der Waals surface area contributed by atoms with Gasteiger partial charge in [0.1, 0.15) is 12.5 Å². The lowest BCUT2D eigenvalue weighted by Crippen LogP contribution is -2.41. The fraction of sp³-hybridized carbons (Fsp3) is 1.00. The zero-order chi connectivity index (χ0) is 8.15. The zero-order valence-corrected chi connectivity index (χ0v) is 7.04. The van der Waals surface area contributed by atoms with Crippen LogP contribution in [-0.2, 0) is 0 Å². The van der Waals surface area contributed by atoms with Crippen molar-refractivity contribution in [2.45, 2.75) is 26.3 Å². The van der Waals surface area contributed by atoms with Gasteiger partial charge < -0.3 is 10.2 Å². The molecule has 0 aromatic heterocycles. The Morgan fingerprint density at radius 2 is 1.70 bits per heavy atom. The molecular weight excluding hydrogens is 154 g/mol. The molecule has 10 heavy (non-hydrogen) atoms. The van der Waals surface area contributed by atoms with E-state index in [-0.39, 0.29) is 0 Å². The van der Waals surface area contributed by atoms with Gasteiger partial charge in [-0.1, -0.05) is 0 Å². The summed E-state index contributed by atoms with van der Waals surface area (Å²) in [7, 11) is 0. The average molecular weight is 168 g/mol. The second kappa shape index (κ2) is 4.91. The molecule has 0 fully saturated rings. The Bertz CT molecular complexity index is 79.8. The van der Waals surface area contributed by atoms with Crippen molar-refractivity contribution in [1.29, 1.82) is 0 Å². The van der Waals surface area contributed by atoms with Gasteiger partial charge in [0.15, 0.2) is 0 Å². The van der Waals surface area contributed by atoms with Crippen LogP contribution >= 0.6 is 11.6 Å². The van der Waals surface area contributed by atoms with Crippen LogP contribution in [-0.4, -0.2) is 40.0 Å². The molecule has 4 heteroatoms. The Morgan fingerprint density at radius 1 is 1.30 bits per heavy atom. The van der Waals surface area contributed by atoms with Gasteiger partial charge in [-0.25, -0.2) is 0 Å². The molecule has 0 aliphatic carbocycles. The van der Waals surface area contributed by atoms with Gasteiger partial charge in [0.2, 0.25) is 0 Å². The highest BCUT2D eigenvalue weighted by Gasteiger charge is 2.14. The minimum Gasteiger partial charge on any atom is -0.379 e. The summed E-state index contributed by atoms with van der Waals surface area (Å²) < 4.78 is 0. The van der Waals surface area contributed by atoms with Crippen LogP contribution in [0.5, 0.6) is 0 Å². The largest absolute Gasteiger partial charge is 0.379 e. The van der Waals surface area contributed by atoms with Gasteiger partial charge in [0.25, 0.3) is 0 Å². The second-order valence-electron chi connectivity index (χ2n) is 2.19. The highest BCUT2D eigenvalue weighted by atomic mass is 35.5. The number of rotatable bonds is 4. The van der Waals surface area contributed by atoms with Crippen LogP contribution in [0.4, 0.5) is 0 Å². The quantitative estimate of drug-likeness (QED) is 0.465. The molecule has 0 saturated heterocycles. The number of aliphatic hydroxyl groups is 2. The van der Waals surface area contributed by atoms with Gasteiger partial charge in [0.05, 0.1) is 0 Å². The first-order valence-electron chi connectivity index (χ1n) is 3.27. The van der Waals surface area contributed by atoms with Crippen LogP contribution in [0.15, 0.2) is 0 Å². The van der Waals surface area contributed by atoms with E-state index in [9.17, 15) is 0 Å². The molecule has 0 spiro atoms. The Morgan fingerprint density at radius 3 is 1.80 bits per heavy atom. The molecule has 0 heterocycles. The Balaban J connectivity index is 3.73. The molecule has 0 aliphatic heterocycles. The first kappa shape index (κ1) is 10.2. The predicted octanol–water partition coefficient (Wildman–Crippen LogP) is 0.204. The van der Waals surface area contributed by atoms with Crippen molar-refractivity contribution in [2.24, 2.45) is 0 Å². The first-order valence-corrected chi connectivity index (χ1v) is 3.81. The van der Waals surface area contributed by atoms with Crippen molar-refractivity contribution in [3.63, 3.8) is 0 Å². The summed E-state index contributed by atoms with van der Waals surface area (Å²) in [5.41, 5.74) is 0. The molecule has 0 rings (SSSR count). The highest BCUT2D eigenvalue weighted by Crippen LogP contribution is 2.00. The number of hydrogen-bond donors (Lipinski definition) is 2. The predicted molar refractivity (Wildman–Crippen MR) is 40.8 cm³/mol. The summed E-state index contributed by atoms with van der Waals surface area (Å²) in [6.45, 7) is 3.69. The van der Waals surface area contributed by atoms with Crippen molar-refractivity contribution in [3.8, 4) is 0 Å². The fourth-order valence-corrected chi connectivity index (χ4v) is 0.979. The molecule has 0 aromatic rings. The van der Waals surface area contributed by atoms with E-state index in [2.05, 4.69) is 0 Å². The van der Waals surface area contributed by atoms with Crippen LogP contribution in [0.1, 0.15) is 13.8 Å². The van der Waals surface area contributed by atoms with E-state index in [0.29, 0.717) is 12.4 Å². The summed E-state index contributed by atoms with van der Waals surface area (Å²) in [6, 6.07) is 0. The molecule has 0 bridgehead atoms. The standard InChI is InChI=1S/C6H14ClNO2/c1-5(9)8(4-3-7)6(2)10/h5-6,9-10H,3-4H2,1-2H3. The van der Waals surface area contributed by atoms with E-state index in [1.165, 1.54) is 4.90 Å². The van der Waals surface area contributed by atoms with Crippen molar-refractivity contribution >= 4 is 11.6 Å². The summed E-state index contributed by atoms with van der Waals surface area (Å²) in [5.74, 6) is 0.413. The van der Waals surface area contributed by atoms with Gasteiger partial charge in [-0.2, -0.15) is 0 Å². The molecule has 2 atom stereocenters. The lowest BCUT2D eigenvalue weighted by Gasteiger charge is -2.26. The minimum atomic E-state index is -0.640. The van der Waals surface area contributed by atoms with Gasteiger partial charge in [-0.05, 0) is 13.8 Å². The zero-order valence-electron chi connectivity index (χ0n) is 6.29. The third-order valence-corrected chi connectivity index (χ3v) is 1.47. The Hall–Kier alpha value is 0.170. The van der Waals surface area contributed by atoms with E-state index < -0.39 is 12.5 Å². The molecule has 3 nitrogen and oxygen atoms in total. The summed E-state index contributed by atoms with van der Waals surface area (Å²) in [4.78, 5) is 1.49. The van der Waals surface area contributed by atoms with E-state index >= 15 is 0 Å². The van der Waals surface area contributed by atoms with Gasteiger partial charge in [-0.3, -0.25) is 4.90 Å². The number of aliphatic hydroxyl groups excluding tert-OH is 2. The monoisotopic (exact) mass is 167 g/mol. The third-order valence-electron chi connectivity index (χ3n) is 1.30. The molecule has 0 amide bonds. The normalized spacial score (nSPS) is 17.4. The number of hydrogen-bond acceptors (Lipinski definition) is 3. The number of nitrogens with zero attached hydrogens (tertiary/aromatic N) is 1. The molecule has 2 N–H and O–H groups in total. The van der Waals surface area contributed by atoms with Gasteiger partial charge in [0, 0.05) is 12.4 Å². The highest BCUT2D eigenvalue weighted by molar-refractivity contribution is 6.18. The van der Waals surface area contributed by atoms with Gasteiger partial charge in [-0.15, -0.1) is 11.6 Å². The fourth-order valence-electron chi connectivity index (χ4n) is 0.783. The molecule has 0 aliphatic rings. The molecular formula is C6H14ClNO2. The minimum absolute atomic E-state index is 0.413. The summed E-state index contributed by atoms with van der Waals surface area (Å²) in [6.07, 6.45) is -1.28. The maximum Gasteiger partial charge on any atom is 0.106 e. The lowest BCUT2D eigenvalue weighted by molar-refractivity contribution is -0.0801. The molecule has 62 valence electrons. The number of alkyl halides is 1. The molecule has 2 unspecified atom stereocenters.